The smallest absolute Gasteiger partial charge is 0.174 e. The lowest BCUT2D eigenvalue weighted by atomic mass is 9.88. The number of fused-ring (bicyclic) bond motifs is 2. The summed E-state index contributed by atoms with van der Waals surface area (Å²) in [5.74, 6) is 0.453. The molecule has 2 aliphatic heterocycles. The van der Waals surface area contributed by atoms with Crippen LogP contribution in [0.5, 0.6) is 23.0 Å². The maximum atomic E-state index is 13.1. The Morgan fingerprint density at radius 2 is 1.90 bits per heavy atom. The van der Waals surface area contributed by atoms with Gasteiger partial charge < -0.3 is 24.8 Å². The molecule has 162 valence electrons. The molecule has 3 N–H and O–H groups in total. The first-order valence-electron chi connectivity index (χ1n) is 10.3. The van der Waals surface area contributed by atoms with Crippen molar-refractivity contribution in [3.63, 3.8) is 0 Å². The normalized spacial score (nSPS) is 21.5. The molecule has 4 rings (SSSR count). The average molecular weight is 422 g/mol. The molecule has 0 fully saturated rings. The highest BCUT2D eigenvalue weighted by molar-refractivity contribution is 6.05. The molecular weight excluding hydrogens is 396 g/mol. The molecule has 2 aromatic rings. The number of carbonyl (C=O) groups excluding carboxylic acids is 1. The molecule has 0 saturated heterocycles. The molecular formula is C25H26O6. The largest absolute Gasteiger partial charge is 0.508 e. The van der Waals surface area contributed by atoms with Gasteiger partial charge in [-0.15, -0.1) is 0 Å². The Bertz CT molecular complexity index is 1090. The van der Waals surface area contributed by atoms with Crippen molar-refractivity contribution in [2.75, 3.05) is 6.61 Å². The number of hydrogen-bond donors (Lipinski definition) is 3. The summed E-state index contributed by atoms with van der Waals surface area (Å²) in [5.41, 5.74) is 2.13. The van der Waals surface area contributed by atoms with Gasteiger partial charge in [0, 0.05) is 5.56 Å². The third kappa shape index (κ3) is 3.79. The average Bonchev–Trinajstić information content (AvgIpc) is 2.73. The Morgan fingerprint density at radius 1 is 1.19 bits per heavy atom. The molecule has 0 radical (unpaired) electrons. The Balaban J connectivity index is 1.89. The number of phenols is 2. The molecule has 2 heterocycles. The van der Waals surface area contributed by atoms with Gasteiger partial charge in [0.15, 0.2) is 5.78 Å². The third-order valence-corrected chi connectivity index (χ3v) is 5.65. The number of phenolic OH excluding ortho intramolecular Hbond substituents is 2. The van der Waals surface area contributed by atoms with E-state index in [4.69, 9.17) is 9.47 Å². The van der Waals surface area contributed by atoms with E-state index in [-0.39, 0.29) is 35.9 Å². The summed E-state index contributed by atoms with van der Waals surface area (Å²) < 4.78 is 12.4. The van der Waals surface area contributed by atoms with Crippen molar-refractivity contribution in [2.24, 2.45) is 0 Å². The van der Waals surface area contributed by atoms with E-state index in [2.05, 4.69) is 0 Å². The number of Topliss-reactive ketones (excluding diaryl/α,β-unsaturated/α-hetero) is 1. The van der Waals surface area contributed by atoms with Crippen molar-refractivity contribution in [1.29, 1.82) is 0 Å². The van der Waals surface area contributed by atoms with E-state index in [0.29, 0.717) is 29.0 Å². The molecule has 0 saturated carbocycles. The van der Waals surface area contributed by atoms with Crippen LogP contribution in [0.2, 0.25) is 0 Å². The zero-order valence-corrected chi connectivity index (χ0v) is 17.8. The summed E-state index contributed by atoms with van der Waals surface area (Å²) in [7, 11) is 0. The van der Waals surface area contributed by atoms with Crippen LogP contribution in [0.25, 0.3) is 6.08 Å². The predicted octanol–water partition coefficient (Wildman–Crippen LogP) is 4.47. The molecule has 6 nitrogen and oxygen atoms in total. The topological polar surface area (TPSA) is 96.2 Å². The van der Waals surface area contributed by atoms with Gasteiger partial charge in [0.2, 0.25) is 0 Å². The summed E-state index contributed by atoms with van der Waals surface area (Å²) >= 11 is 0. The first-order valence-corrected chi connectivity index (χ1v) is 10.3. The standard InChI is InChI=1S/C25H26O6/c1-14(2)4-9-18-23-17(10-11-25(3,13-26)31-23)22(29)21-19(28)12-20(30-24(18)21)15-5-7-16(27)8-6-15/h4-8,10-11,20,26-27,29H,9,12-13H2,1-3H3/t20-,25?/m0/s1. The van der Waals surface area contributed by atoms with Gasteiger partial charge in [-0.1, -0.05) is 23.8 Å². The van der Waals surface area contributed by atoms with Gasteiger partial charge in [-0.3, -0.25) is 4.79 Å². The lowest BCUT2D eigenvalue weighted by molar-refractivity contribution is 0.0617. The van der Waals surface area contributed by atoms with Crippen molar-refractivity contribution in [1.82, 2.24) is 0 Å². The minimum absolute atomic E-state index is 0.0745. The van der Waals surface area contributed by atoms with Crippen LogP contribution in [0, 0.1) is 0 Å². The van der Waals surface area contributed by atoms with Crippen LogP contribution in [0.4, 0.5) is 0 Å². The zero-order valence-electron chi connectivity index (χ0n) is 17.8. The van der Waals surface area contributed by atoms with E-state index in [1.54, 1.807) is 43.3 Å². The lowest BCUT2D eigenvalue weighted by Gasteiger charge is -2.35. The number of rotatable bonds is 4. The molecule has 2 atom stereocenters. The highest BCUT2D eigenvalue weighted by Gasteiger charge is 2.38. The summed E-state index contributed by atoms with van der Waals surface area (Å²) in [6, 6.07) is 6.53. The van der Waals surface area contributed by atoms with Gasteiger partial charge in [0.1, 0.15) is 40.3 Å². The zero-order chi connectivity index (χ0) is 22.3. The van der Waals surface area contributed by atoms with E-state index >= 15 is 0 Å². The molecule has 0 aromatic heterocycles. The van der Waals surface area contributed by atoms with Crippen molar-refractivity contribution < 1.29 is 29.6 Å². The molecule has 0 spiro atoms. The van der Waals surface area contributed by atoms with Crippen molar-refractivity contribution >= 4 is 11.9 Å². The number of ketones is 1. The number of hydrogen-bond acceptors (Lipinski definition) is 6. The van der Waals surface area contributed by atoms with Crippen molar-refractivity contribution in [3.05, 3.63) is 64.2 Å². The molecule has 0 amide bonds. The van der Waals surface area contributed by atoms with Gasteiger partial charge in [-0.05, 0) is 57.0 Å². The minimum Gasteiger partial charge on any atom is -0.508 e. The molecule has 2 aliphatic rings. The first kappa shape index (κ1) is 21.0. The number of ether oxygens (including phenoxy) is 2. The number of aromatic hydroxyl groups is 2. The SMILES string of the molecule is CC(C)=CCc1c2c(c(O)c3c1O[C@H](c1ccc(O)cc1)CC3=O)C=CC(C)(CO)O2. The quantitative estimate of drug-likeness (QED) is 0.629. The second-order valence-corrected chi connectivity index (χ2v) is 8.49. The Hall–Kier alpha value is -3.25. The minimum atomic E-state index is -0.942. The maximum absolute atomic E-state index is 13.1. The van der Waals surface area contributed by atoms with Crippen molar-refractivity contribution in [2.45, 2.75) is 45.3 Å². The highest BCUT2D eigenvalue weighted by atomic mass is 16.5. The lowest BCUT2D eigenvalue weighted by Crippen LogP contribution is -2.36. The van der Waals surface area contributed by atoms with Gasteiger partial charge in [-0.25, -0.2) is 0 Å². The molecule has 0 aliphatic carbocycles. The van der Waals surface area contributed by atoms with Gasteiger partial charge in [0.05, 0.1) is 18.6 Å². The van der Waals surface area contributed by atoms with Gasteiger partial charge in [-0.2, -0.15) is 0 Å². The fourth-order valence-electron chi connectivity index (χ4n) is 3.86. The number of aliphatic hydroxyl groups is 1. The maximum Gasteiger partial charge on any atom is 0.174 e. The molecule has 2 aromatic carbocycles. The number of allylic oxidation sites excluding steroid dienone is 2. The third-order valence-electron chi connectivity index (χ3n) is 5.65. The summed E-state index contributed by atoms with van der Waals surface area (Å²) in [6.45, 7) is 5.46. The Kier molecular flexibility index (Phi) is 5.27. The molecule has 0 bridgehead atoms. The molecule has 31 heavy (non-hydrogen) atoms. The molecule has 1 unspecified atom stereocenters. The van der Waals surface area contributed by atoms with E-state index < -0.39 is 11.7 Å². The summed E-state index contributed by atoms with van der Waals surface area (Å²) in [5, 5.41) is 30.3. The number of benzene rings is 2. The van der Waals surface area contributed by atoms with Crippen LogP contribution >= 0.6 is 0 Å². The van der Waals surface area contributed by atoms with Gasteiger partial charge >= 0.3 is 0 Å². The van der Waals surface area contributed by atoms with E-state index in [9.17, 15) is 20.1 Å². The van der Waals surface area contributed by atoms with Crippen LogP contribution in [-0.4, -0.2) is 33.3 Å². The Labute approximate surface area is 181 Å². The monoisotopic (exact) mass is 422 g/mol. The highest BCUT2D eigenvalue weighted by Crippen LogP contribution is 2.51. The summed E-state index contributed by atoms with van der Waals surface area (Å²) in [4.78, 5) is 13.1. The van der Waals surface area contributed by atoms with E-state index in [0.717, 1.165) is 11.1 Å². The van der Waals surface area contributed by atoms with Crippen LogP contribution in [0.15, 0.2) is 42.0 Å². The van der Waals surface area contributed by atoms with Crippen LogP contribution in [0.3, 0.4) is 0 Å². The van der Waals surface area contributed by atoms with Gasteiger partial charge in [0.25, 0.3) is 0 Å². The Morgan fingerprint density at radius 3 is 2.55 bits per heavy atom. The van der Waals surface area contributed by atoms with Crippen LogP contribution < -0.4 is 9.47 Å². The van der Waals surface area contributed by atoms with Crippen molar-refractivity contribution in [3.8, 4) is 23.0 Å². The van der Waals surface area contributed by atoms with E-state index in [1.165, 1.54) is 0 Å². The second kappa shape index (κ2) is 7.78. The van der Waals surface area contributed by atoms with Crippen LogP contribution in [0.1, 0.15) is 60.3 Å². The second-order valence-electron chi connectivity index (χ2n) is 8.49. The fraction of sp³-hybridized carbons (Fsp3) is 0.320. The number of aliphatic hydroxyl groups excluding tert-OH is 1. The van der Waals surface area contributed by atoms with E-state index in [1.807, 2.05) is 19.9 Å². The molecule has 6 heteroatoms. The summed E-state index contributed by atoms with van der Waals surface area (Å²) in [6.07, 6.45) is 5.34. The fourth-order valence-corrected chi connectivity index (χ4v) is 3.86. The number of carbonyl (C=O) groups is 1. The predicted molar refractivity (Wildman–Crippen MR) is 117 cm³/mol. The van der Waals surface area contributed by atoms with Crippen LogP contribution in [-0.2, 0) is 6.42 Å². The first-order chi connectivity index (χ1) is 14.7.